The van der Waals surface area contributed by atoms with E-state index in [0.717, 1.165) is 24.5 Å². The van der Waals surface area contributed by atoms with Gasteiger partial charge in [0.05, 0.1) is 6.04 Å². The van der Waals surface area contributed by atoms with Gasteiger partial charge in [-0.3, -0.25) is 4.98 Å². The number of hydrogen-bond donors (Lipinski definition) is 1. The minimum absolute atomic E-state index is 0.193. The van der Waals surface area contributed by atoms with E-state index in [1.54, 1.807) is 20.0 Å². The molecule has 1 aliphatic heterocycles. The lowest BCUT2D eigenvalue weighted by atomic mass is 9.83. The van der Waals surface area contributed by atoms with Crippen molar-refractivity contribution in [2.75, 3.05) is 0 Å². The van der Waals surface area contributed by atoms with Crippen LogP contribution in [-0.2, 0) is 31.8 Å². The molecule has 1 aliphatic carbocycles. The first-order valence-corrected chi connectivity index (χ1v) is 12.6. The summed E-state index contributed by atoms with van der Waals surface area (Å²) in [6.07, 6.45) is 8.07. The number of carbonyl (C=O) groups is 2. The van der Waals surface area contributed by atoms with E-state index in [9.17, 15) is 9.59 Å². The SMILES string of the molecule is CC(C)C[C@H](NC(=O)OC(C)(C)C)[C@@]1(Cc2cc(CCCC3CC3)ccn2)OC(C)(C)OC1=O. The number of alkyl carbamates (subject to hydrolysis) is 1. The lowest BCUT2D eigenvalue weighted by Gasteiger charge is -2.36. The monoisotopic (exact) mass is 474 g/mol. The number of carbonyl (C=O) groups excluding carboxylic acids is 2. The maximum absolute atomic E-state index is 13.4. The summed E-state index contributed by atoms with van der Waals surface area (Å²) in [4.78, 5) is 30.7. The van der Waals surface area contributed by atoms with E-state index in [-0.39, 0.29) is 12.3 Å². The van der Waals surface area contributed by atoms with Gasteiger partial charge >= 0.3 is 12.1 Å². The highest BCUT2D eigenvalue weighted by atomic mass is 16.8. The first kappa shape index (κ1) is 26.5. The quantitative estimate of drug-likeness (QED) is 0.460. The number of esters is 1. The molecule has 1 aromatic heterocycles. The molecule has 0 unspecified atom stereocenters. The summed E-state index contributed by atoms with van der Waals surface area (Å²) >= 11 is 0. The van der Waals surface area contributed by atoms with Crippen LogP contribution < -0.4 is 5.32 Å². The van der Waals surface area contributed by atoms with E-state index in [2.05, 4.69) is 16.4 Å². The largest absolute Gasteiger partial charge is 0.444 e. The van der Waals surface area contributed by atoms with E-state index in [1.165, 1.54) is 24.8 Å². The molecule has 2 fully saturated rings. The summed E-state index contributed by atoms with van der Waals surface area (Å²) in [7, 11) is 0. The second-order valence-electron chi connectivity index (χ2n) is 11.8. The Morgan fingerprint density at radius 1 is 1.29 bits per heavy atom. The number of nitrogens with zero attached hydrogens (tertiary/aromatic N) is 1. The number of aromatic nitrogens is 1. The lowest BCUT2D eigenvalue weighted by Crippen LogP contribution is -2.59. The molecule has 190 valence electrons. The summed E-state index contributed by atoms with van der Waals surface area (Å²) in [5.41, 5.74) is -0.110. The molecule has 7 heteroatoms. The van der Waals surface area contributed by atoms with E-state index >= 15 is 0 Å². The highest BCUT2D eigenvalue weighted by molar-refractivity contribution is 5.84. The van der Waals surface area contributed by atoms with Crippen molar-refractivity contribution in [2.45, 2.75) is 116 Å². The Labute approximate surface area is 204 Å². The number of aryl methyl sites for hydroxylation is 1. The smallest absolute Gasteiger partial charge is 0.407 e. The normalized spacial score (nSPS) is 23.0. The molecule has 1 amide bonds. The van der Waals surface area contributed by atoms with Crippen molar-refractivity contribution in [3.05, 3.63) is 29.6 Å². The molecule has 1 N–H and O–H groups in total. The average molecular weight is 475 g/mol. The number of rotatable bonds is 10. The Hall–Kier alpha value is -2.15. The van der Waals surface area contributed by atoms with Crippen LogP contribution in [0.4, 0.5) is 4.79 Å². The van der Waals surface area contributed by atoms with Gasteiger partial charge in [-0.1, -0.05) is 33.1 Å². The van der Waals surface area contributed by atoms with Gasteiger partial charge in [-0.05, 0) is 69.6 Å². The number of nitrogens with one attached hydrogen (secondary N) is 1. The minimum atomic E-state index is -1.40. The van der Waals surface area contributed by atoms with Gasteiger partial charge < -0.3 is 19.5 Å². The second-order valence-corrected chi connectivity index (χ2v) is 11.8. The Kier molecular flexibility index (Phi) is 7.96. The number of ether oxygens (including phenoxy) is 3. The summed E-state index contributed by atoms with van der Waals surface area (Å²) in [6, 6.07) is 3.44. The molecular formula is C27H42N2O5. The van der Waals surface area contributed by atoms with Gasteiger partial charge in [-0.15, -0.1) is 0 Å². The van der Waals surface area contributed by atoms with Crippen molar-refractivity contribution in [1.29, 1.82) is 0 Å². The van der Waals surface area contributed by atoms with Gasteiger partial charge in [0, 0.05) is 32.2 Å². The Morgan fingerprint density at radius 2 is 2.00 bits per heavy atom. The standard InChI is InChI=1S/C27H42N2O5/c1-18(2)15-22(29-24(31)33-25(3,4)5)27(23(30)32-26(6,7)34-27)17-21-16-20(13-14-28-21)10-8-9-19-11-12-19/h13-14,16,18-19,22H,8-12,15,17H2,1-7H3,(H,29,31)/t22-,27+/m0/s1. The lowest BCUT2D eigenvalue weighted by molar-refractivity contribution is -0.170. The molecule has 0 aromatic carbocycles. The molecule has 34 heavy (non-hydrogen) atoms. The molecule has 0 bridgehead atoms. The zero-order valence-corrected chi connectivity index (χ0v) is 21.9. The maximum Gasteiger partial charge on any atom is 0.407 e. The summed E-state index contributed by atoms with van der Waals surface area (Å²) < 4.78 is 17.5. The van der Waals surface area contributed by atoms with Crippen LogP contribution in [0.25, 0.3) is 0 Å². The third kappa shape index (κ3) is 7.42. The molecule has 7 nitrogen and oxygen atoms in total. The summed E-state index contributed by atoms with van der Waals surface area (Å²) in [5.74, 6) is -0.493. The van der Waals surface area contributed by atoms with Crippen LogP contribution in [0.15, 0.2) is 18.3 Å². The maximum atomic E-state index is 13.4. The molecule has 0 spiro atoms. The molecular weight excluding hydrogens is 432 g/mol. The zero-order valence-electron chi connectivity index (χ0n) is 21.9. The van der Waals surface area contributed by atoms with Crippen molar-refractivity contribution in [2.24, 2.45) is 11.8 Å². The highest BCUT2D eigenvalue weighted by Gasteiger charge is 2.59. The minimum Gasteiger partial charge on any atom is -0.444 e. The fourth-order valence-electron chi connectivity index (χ4n) is 4.59. The van der Waals surface area contributed by atoms with Gasteiger partial charge in [0.1, 0.15) is 5.60 Å². The van der Waals surface area contributed by atoms with Gasteiger partial charge in [0.2, 0.25) is 5.79 Å². The van der Waals surface area contributed by atoms with E-state index < -0.39 is 35.1 Å². The van der Waals surface area contributed by atoms with Crippen LogP contribution in [0.2, 0.25) is 0 Å². The number of pyridine rings is 1. The number of cyclic esters (lactones) is 1. The fraction of sp³-hybridized carbons (Fsp3) is 0.741. The topological polar surface area (TPSA) is 86.8 Å². The van der Waals surface area contributed by atoms with Gasteiger partial charge in [0.25, 0.3) is 0 Å². The van der Waals surface area contributed by atoms with Crippen LogP contribution in [0.5, 0.6) is 0 Å². The molecule has 2 atom stereocenters. The first-order valence-electron chi connectivity index (χ1n) is 12.6. The average Bonchev–Trinajstić information content (AvgIpc) is 3.45. The molecule has 2 aliphatic rings. The van der Waals surface area contributed by atoms with Crippen LogP contribution in [0.3, 0.4) is 0 Å². The Bertz CT molecular complexity index is 872. The molecule has 1 saturated heterocycles. The van der Waals surface area contributed by atoms with E-state index in [1.807, 2.05) is 40.7 Å². The van der Waals surface area contributed by atoms with Crippen LogP contribution in [0, 0.1) is 11.8 Å². The molecule has 1 saturated carbocycles. The van der Waals surface area contributed by atoms with Gasteiger partial charge in [-0.25, -0.2) is 9.59 Å². The van der Waals surface area contributed by atoms with Crippen molar-refractivity contribution < 1.29 is 23.8 Å². The van der Waals surface area contributed by atoms with Crippen molar-refractivity contribution >= 4 is 12.1 Å². The van der Waals surface area contributed by atoms with E-state index in [0.29, 0.717) is 6.42 Å². The Morgan fingerprint density at radius 3 is 2.56 bits per heavy atom. The summed E-state index contributed by atoms with van der Waals surface area (Å²) in [5, 5.41) is 2.93. The van der Waals surface area contributed by atoms with Crippen molar-refractivity contribution in [3.8, 4) is 0 Å². The van der Waals surface area contributed by atoms with Gasteiger partial charge in [-0.2, -0.15) is 0 Å². The third-order valence-electron chi connectivity index (χ3n) is 6.17. The third-order valence-corrected chi connectivity index (χ3v) is 6.17. The first-order chi connectivity index (χ1) is 15.8. The number of amides is 1. The summed E-state index contributed by atoms with van der Waals surface area (Å²) in [6.45, 7) is 12.9. The van der Waals surface area contributed by atoms with Crippen LogP contribution >= 0.6 is 0 Å². The molecule has 2 heterocycles. The van der Waals surface area contributed by atoms with Crippen molar-refractivity contribution in [1.82, 2.24) is 10.3 Å². The second kappa shape index (κ2) is 10.2. The highest BCUT2D eigenvalue weighted by Crippen LogP contribution is 2.39. The predicted molar refractivity (Wildman–Crippen MR) is 130 cm³/mol. The van der Waals surface area contributed by atoms with Crippen LogP contribution in [-0.4, -0.2) is 40.1 Å². The number of hydrogen-bond acceptors (Lipinski definition) is 6. The molecule has 0 radical (unpaired) electrons. The Balaban J connectivity index is 1.87. The zero-order chi connectivity index (χ0) is 25.1. The van der Waals surface area contributed by atoms with Crippen LogP contribution in [0.1, 0.15) is 91.8 Å². The van der Waals surface area contributed by atoms with E-state index in [4.69, 9.17) is 14.2 Å². The predicted octanol–water partition coefficient (Wildman–Crippen LogP) is 5.34. The van der Waals surface area contributed by atoms with Crippen molar-refractivity contribution in [3.63, 3.8) is 0 Å². The molecule has 3 rings (SSSR count). The van der Waals surface area contributed by atoms with Gasteiger partial charge in [0.15, 0.2) is 5.60 Å². The fourth-order valence-corrected chi connectivity index (χ4v) is 4.59. The molecule has 1 aromatic rings.